The number of nitrogens with zero attached hydrogens (tertiary/aromatic N) is 2. The molecule has 0 spiro atoms. The van der Waals surface area contributed by atoms with Crippen molar-refractivity contribution >= 4 is 43.1 Å². The van der Waals surface area contributed by atoms with Gasteiger partial charge < -0.3 is 11.1 Å². The number of halogens is 3. The van der Waals surface area contributed by atoms with Crippen LogP contribution in [0.5, 0.6) is 0 Å². The fourth-order valence-corrected chi connectivity index (χ4v) is 3.10. The molecule has 27 heavy (non-hydrogen) atoms. The van der Waals surface area contributed by atoms with Crippen LogP contribution < -0.4 is 11.1 Å². The van der Waals surface area contributed by atoms with Crippen molar-refractivity contribution in [2.45, 2.75) is 32.9 Å². The van der Waals surface area contributed by atoms with Gasteiger partial charge in [-0.2, -0.15) is 0 Å². The van der Waals surface area contributed by atoms with E-state index < -0.39 is 0 Å². The predicted octanol–water partition coefficient (Wildman–Crippen LogP) is 2.56. The number of carbonyl (C=O) groups excluding carboxylic acids is 1. The monoisotopic (exact) mass is 440 g/mol. The number of hydrogen-bond donors (Lipinski definition) is 2. The third-order valence-electron chi connectivity index (χ3n) is 4.50. The zero-order valence-electron chi connectivity index (χ0n) is 16.3. The van der Waals surface area contributed by atoms with Crippen molar-refractivity contribution in [3.05, 3.63) is 35.9 Å². The summed E-state index contributed by atoms with van der Waals surface area (Å²) in [6.45, 7) is 11.1. The van der Waals surface area contributed by atoms with Crippen LogP contribution in [-0.4, -0.2) is 61.0 Å². The maximum Gasteiger partial charge on any atom is 0.236 e. The fraction of sp³-hybridized carbons (Fsp3) is 0.632. The smallest absolute Gasteiger partial charge is 0.236 e. The molecule has 0 aromatic heterocycles. The summed E-state index contributed by atoms with van der Waals surface area (Å²) in [5.74, 6) is 0.426. The molecule has 1 atom stereocenters. The van der Waals surface area contributed by atoms with E-state index in [0.717, 1.165) is 45.7 Å². The molecule has 1 aromatic rings. The molecule has 1 saturated heterocycles. The lowest BCUT2D eigenvalue weighted by atomic mass is 10.0. The van der Waals surface area contributed by atoms with Crippen LogP contribution in [0.25, 0.3) is 0 Å². The van der Waals surface area contributed by atoms with Gasteiger partial charge in [-0.15, -0.1) is 37.2 Å². The number of hydrogen-bond acceptors (Lipinski definition) is 4. The van der Waals surface area contributed by atoms with Gasteiger partial charge in [-0.05, 0) is 17.9 Å². The molecule has 2 rings (SSSR count). The van der Waals surface area contributed by atoms with Crippen LogP contribution >= 0.6 is 37.2 Å². The Balaban J connectivity index is 0. The minimum atomic E-state index is -0.382. The van der Waals surface area contributed by atoms with Crippen LogP contribution in [0.15, 0.2) is 30.3 Å². The highest BCUT2D eigenvalue weighted by atomic mass is 35.5. The van der Waals surface area contributed by atoms with Crippen molar-refractivity contribution in [2.24, 2.45) is 11.7 Å². The molecule has 0 saturated carbocycles. The summed E-state index contributed by atoms with van der Waals surface area (Å²) in [6.07, 6.45) is 0.740. The number of rotatable bonds is 8. The van der Waals surface area contributed by atoms with E-state index in [0.29, 0.717) is 12.5 Å². The molecule has 3 N–H and O–H groups in total. The van der Waals surface area contributed by atoms with E-state index in [1.54, 1.807) is 0 Å². The van der Waals surface area contributed by atoms with Crippen LogP contribution in [-0.2, 0) is 11.3 Å². The Hall–Kier alpha value is -0.560. The van der Waals surface area contributed by atoms with Crippen molar-refractivity contribution in [1.29, 1.82) is 0 Å². The van der Waals surface area contributed by atoms with Gasteiger partial charge in [-0.3, -0.25) is 14.6 Å². The fourth-order valence-electron chi connectivity index (χ4n) is 3.10. The Morgan fingerprint density at radius 2 is 1.59 bits per heavy atom. The molecule has 1 aliphatic rings. The van der Waals surface area contributed by atoms with Crippen molar-refractivity contribution in [2.75, 3.05) is 39.3 Å². The molecule has 8 heteroatoms. The largest absolute Gasteiger partial charge is 0.353 e. The topological polar surface area (TPSA) is 61.6 Å². The van der Waals surface area contributed by atoms with E-state index in [4.69, 9.17) is 5.73 Å². The molecule has 0 radical (unpaired) electrons. The highest BCUT2D eigenvalue weighted by Crippen LogP contribution is 2.08. The summed E-state index contributed by atoms with van der Waals surface area (Å²) in [6, 6.07) is 10.2. The second-order valence-corrected chi connectivity index (χ2v) is 7.13. The van der Waals surface area contributed by atoms with Gasteiger partial charge in [-0.1, -0.05) is 44.2 Å². The number of amides is 1. The lowest BCUT2D eigenvalue weighted by molar-refractivity contribution is -0.122. The molecular formula is C19H35Cl3N4O. The minimum absolute atomic E-state index is 0. The van der Waals surface area contributed by atoms with Crippen molar-refractivity contribution in [3.63, 3.8) is 0 Å². The van der Waals surface area contributed by atoms with E-state index in [-0.39, 0.29) is 49.2 Å². The van der Waals surface area contributed by atoms with Gasteiger partial charge in [0.25, 0.3) is 0 Å². The lowest BCUT2D eigenvalue weighted by Gasteiger charge is -2.34. The van der Waals surface area contributed by atoms with Crippen LogP contribution in [0.2, 0.25) is 0 Å². The quantitative estimate of drug-likeness (QED) is 0.651. The highest BCUT2D eigenvalue weighted by molar-refractivity contribution is 5.86. The first-order valence-electron chi connectivity index (χ1n) is 9.06. The van der Waals surface area contributed by atoms with Gasteiger partial charge in [0.15, 0.2) is 0 Å². The number of carbonyl (C=O) groups is 1. The van der Waals surface area contributed by atoms with Gasteiger partial charge >= 0.3 is 0 Å². The third-order valence-corrected chi connectivity index (χ3v) is 4.50. The van der Waals surface area contributed by atoms with Crippen LogP contribution in [0.4, 0.5) is 0 Å². The van der Waals surface area contributed by atoms with Crippen LogP contribution in [0.1, 0.15) is 25.8 Å². The molecule has 1 amide bonds. The molecular weight excluding hydrogens is 407 g/mol. The summed E-state index contributed by atoms with van der Waals surface area (Å²) >= 11 is 0. The van der Waals surface area contributed by atoms with Crippen LogP contribution in [0.3, 0.4) is 0 Å². The standard InChI is InChI=1S/C19H32N4O.3ClH/c1-16(2)14-18(20)19(24)21-8-9-22-10-12-23(13-11-22)15-17-6-4-3-5-7-17;;;/h3-7,16,18H,8-15,20H2,1-2H3,(H,21,24);3*1H/t18-;;;/m0.../s1. The number of piperazine rings is 1. The van der Waals surface area contributed by atoms with Gasteiger partial charge in [0.2, 0.25) is 5.91 Å². The lowest BCUT2D eigenvalue weighted by Crippen LogP contribution is -2.49. The molecule has 0 unspecified atom stereocenters. The molecule has 158 valence electrons. The first-order chi connectivity index (χ1) is 11.5. The second-order valence-electron chi connectivity index (χ2n) is 7.13. The normalized spacial score (nSPS) is 15.9. The predicted molar refractivity (Wildman–Crippen MR) is 120 cm³/mol. The van der Waals surface area contributed by atoms with Crippen molar-refractivity contribution in [3.8, 4) is 0 Å². The third kappa shape index (κ3) is 11.1. The second kappa shape index (κ2) is 15.4. The van der Waals surface area contributed by atoms with Crippen molar-refractivity contribution in [1.82, 2.24) is 15.1 Å². The van der Waals surface area contributed by atoms with E-state index in [1.165, 1.54) is 5.56 Å². The molecule has 1 heterocycles. The summed E-state index contributed by atoms with van der Waals surface area (Å²) in [4.78, 5) is 16.8. The molecule has 0 aliphatic carbocycles. The number of nitrogens with one attached hydrogen (secondary N) is 1. The summed E-state index contributed by atoms with van der Waals surface area (Å²) in [7, 11) is 0. The SMILES string of the molecule is CC(C)C[C@H](N)C(=O)NCCN1CCN(Cc2ccccc2)CC1.Cl.Cl.Cl. The average Bonchev–Trinajstić information content (AvgIpc) is 2.56. The Morgan fingerprint density at radius 1 is 1.04 bits per heavy atom. The zero-order valence-corrected chi connectivity index (χ0v) is 18.8. The molecule has 0 bridgehead atoms. The van der Waals surface area contributed by atoms with Gasteiger partial charge in [0.1, 0.15) is 0 Å². The van der Waals surface area contributed by atoms with Crippen molar-refractivity contribution < 1.29 is 4.79 Å². The van der Waals surface area contributed by atoms with Gasteiger partial charge in [0, 0.05) is 45.8 Å². The highest BCUT2D eigenvalue weighted by Gasteiger charge is 2.18. The van der Waals surface area contributed by atoms with E-state index in [9.17, 15) is 4.79 Å². The van der Waals surface area contributed by atoms with Gasteiger partial charge in [-0.25, -0.2) is 0 Å². The Morgan fingerprint density at radius 3 is 2.15 bits per heavy atom. The molecule has 1 aliphatic heterocycles. The zero-order chi connectivity index (χ0) is 17.4. The summed E-state index contributed by atoms with van der Waals surface area (Å²) < 4.78 is 0. The summed E-state index contributed by atoms with van der Waals surface area (Å²) in [5.41, 5.74) is 7.27. The van der Waals surface area contributed by atoms with E-state index >= 15 is 0 Å². The number of benzene rings is 1. The van der Waals surface area contributed by atoms with E-state index in [2.05, 4.69) is 59.3 Å². The first-order valence-corrected chi connectivity index (χ1v) is 9.06. The van der Waals surface area contributed by atoms with E-state index in [1.807, 2.05) is 0 Å². The minimum Gasteiger partial charge on any atom is -0.353 e. The Labute approximate surface area is 182 Å². The maximum atomic E-state index is 11.9. The van der Waals surface area contributed by atoms with Gasteiger partial charge in [0.05, 0.1) is 6.04 Å². The van der Waals surface area contributed by atoms with Crippen LogP contribution in [0, 0.1) is 5.92 Å². The summed E-state index contributed by atoms with van der Waals surface area (Å²) in [5, 5.41) is 2.97. The first kappa shape index (κ1) is 28.6. The molecule has 5 nitrogen and oxygen atoms in total. The molecule has 1 aromatic carbocycles. The number of nitrogens with two attached hydrogens (primary N) is 1. The average molecular weight is 442 g/mol. The Kier molecular flexibility index (Phi) is 16.3. The molecule has 1 fully saturated rings. The maximum absolute atomic E-state index is 11.9. The Bertz CT molecular complexity index is 497.